The monoisotopic (exact) mass is 478 g/mol. The predicted octanol–water partition coefficient (Wildman–Crippen LogP) is 4.75. The summed E-state index contributed by atoms with van der Waals surface area (Å²) in [6, 6.07) is 8.65. The number of carbonyl (C=O) groups is 3. The van der Waals surface area contributed by atoms with Gasteiger partial charge in [0.1, 0.15) is 6.10 Å². The summed E-state index contributed by atoms with van der Waals surface area (Å²) in [6.45, 7) is 0. The molecule has 2 bridgehead atoms. The van der Waals surface area contributed by atoms with Crippen molar-refractivity contribution in [3.63, 3.8) is 0 Å². The van der Waals surface area contributed by atoms with Crippen LogP contribution in [0.25, 0.3) is 0 Å². The number of anilines is 2. The van der Waals surface area contributed by atoms with E-state index in [0.717, 1.165) is 24.6 Å². The molecule has 1 heterocycles. The Hall–Kier alpha value is -3.07. The van der Waals surface area contributed by atoms with Crippen molar-refractivity contribution in [3.05, 3.63) is 58.6 Å². The molecule has 172 valence electrons. The summed E-state index contributed by atoms with van der Waals surface area (Å²) in [5, 5.41) is 5.11. The average molecular weight is 479 g/mol. The third kappa shape index (κ3) is 3.84. The third-order valence-corrected chi connectivity index (χ3v) is 7.05. The first-order valence-corrected chi connectivity index (χ1v) is 10.8. The van der Waals surface area contributed by atoms with Gasteiger partial charge in [-0.3, -0.25) is 14.4 Å². The van der Waals surface area contributed by atoms with Crippen LogP contribution in [-0.4, -0.2) is 23.9 Å². The topological polar surface area (TPSA) is 84.5 Å². The molecular weight excluding hydrogens is 461 g/mol. The fourth-order valence-electron chi connectivity index (χ4n) is 5.32. The van der Waals surface area contributed by atoms with Gasteiger partial charge in [0, 0.05) is 17.2 Å². The highest BCUT2D eigenvalue weighted by atomic mass is 35.5. The van der Waals surface area contributed by atoms with E-state index in [1.54, 1.807) is 12.1 Å². The highest BCUT2D eigenvalue weighted by molar-refractivity contribution is 6.34. The lowest BCUT2D eigenvalue weighted by Crippen LogP contribution is -2.35. The van der Waals surface area contributed by atoms with Crippen molar-refractivity contribution in [1.82, 2.24) is 0 Å². The van der Waals surface area contributed by atoms with Crippen LogP contribution in [0.4, 0.5) is 24.5 Å². The molecule has 1 aliphatic heterocycles. The number of amides is 2. The lowest BCUT2D eigenvalue weighted by molar-refractivity contribution is -0.145. The quantitative estimate of drug-likeness (QED) is 0.621. The molecule has 6 nitrogen and oxygen atoms in total. The number of halogens is 4. The fraction of sp³-hybridized carbons (Fsp3) is 0.348. The van der Waals surface area contributed by atoms with Gasteiger partial charge in [0.05, 0.1) is 28.1 Å². The smallest absolute Gasteiger partial charge is 0.416 e. The second-order valence-electron chi connectivity index (χ2n) is 8.64. The van der Waals surface area contributed by atoms with E-state index >= 15 is 0 Å². The summed E-state index contributed by atoms with van der Waals surface area (Å²) in [5.41, 5.74) is -0.660. The van der Waals surface area contributed by atoms with E-state index in [9.17, 15) is 27.6 Å². The van der Waals surface area contributed by atoms with E-state index in [1.165, 1.54) is 12.1 Å². The summed E-state index contributed by atoms with van der Waals surface area (Å²) in [4.78, 5) is 37.7. The number of benzene rings is 2. The van der Waals surface area contributed by atoms with Crippen molar-refractivity contribution in [2.75, 3.05) is 10.6 Å². The maximum atomic E-state index is 13.0. The molecule has 33 heavy (non-hydrogen) atoms. The maximum absolute atomic E-state index is 13.0. The van der Waals surface area contributed by atoms with Gasteiger partial charge in [0.25, 0.3) is 5.91 Å². The van der Waals surface area contributed by atoms with Gasteiger partial charge in [0.2, 0.25) is 5.91 Å². The van der Waals surface area contributed by atoms with Gasteiger partial charge in [-0.1, -0.05) is 17.7 Å². The normalized spacial score (nSPS) is 27.4. The molecule has 3 aliphatic rings. The molecule has 10 heteroatoms. The Bertz CT molecular complexity index is 1170. The first-order valence-electron chi connectivity index (χ1n) is 10.4. The van der Waals surface area contributed by atoms with E-state index in [2.05, 4.69) is 10.6 Å². The number of fused-ring (bicyclic) bond motifs is 1. The van der Waals surface area contributed by atoms with Crippen LogP contribution in [0.1, 0.15) is 28.8 Å². The third-order valence-electron chi connectivity index (χ3n) is 6.72. The van der Waals surface area contributed by atoms with Gasteiger partial charge in [-0.2, -0.15) is 13.2 Å². The number of hydrogen-bond donors (Lipinski definition) is 2. The van der Waals surface area contributed by atoms with Crippen LogP contribution in [0.3, 0.4) is 0 Å². The zero-order valence-electron chi connectivity index (χ0n) is 17.0. The summed E-state index contributed by atoms with van der Waals surface area (Å²) in [5.74, 6) is -2.03. The lowest BCUT2D eigenvalue weighted by Gasteiger charge is -2.23. The highest BCUT2D eigenvalue weighted by Crippen LogP contribution is 2.57. The molecule has 2 aromatic rings. The number of esters is 1. The Morgan fingerprint density at radius 2 is 1.85 bits per heavy atom. The first kappa shape index (κ1) is 21.8. The molecule has 0 aromatic heterocycles. The van der Waals surface area contributed by atoms with E-state index in [-0.39, 0.29) is 46.1 Å². The SMILES string of the molecule is O=C(Nc1cc(C(F)(F)F)ccc1Cl)c1cccc(NC(=O)[C@@H]2[C@H]3C[C@@H]4[C@@H]2C(=O)O[C@@H]4C3)c1. The first-order chi connectivity index (χ1) is 15.6. The highest BCUT2D eigenvalue weighted by Gasteiger charge is 2.63. The molecule has 2 amide bonds. The van der Waals surface area contributed by atoms with Crippen LogP contribution in [0, 0.1) is 23.7 Å². The second kappa shape index (κ2) is 7.76. The Balaban J connectivity index is 1.30. The minimum atomic E-state index is -4.58. The van der Waals surface area contributed by atoms with Crippen molar-refractivity contribution in [3.8, 4) is 0 Å². The maximum Gasteiger partial charge on any atom is 0.416 e. The molecule has 5 atom stereocenters. The van der Waals surface area contributed by atoms with Gasteiger partial charge in [-0.05, 0) is 55.2 Å². The number of ether oxygens (including phenoxy) is 1. The lowest BCUT2D eigenvalue weighted by atomic mass is 9.79. The molecule has 0 spiro atoms. The van der Waals surface area contributed by atoms with E-state index in [0.29, 0.717) is 12.1 Å². The number of alkyl halides is 3. The molecule has 2 aliphatic carbocycles. The molecule has 2 saturated carbocycles. The van der Waals surface area contributed by atoms with E-state index < -0.39 is 29.5 Å². The Kier molecular flexibility index (Phi) is 5.12. The number of carbonyl (C=O) groups excluding carboxylic acids is 3. The van der Waals surface area contributed by atoms with Crippen LogP contribution in [-0.2, 0) is 20.5 Å². The average Bonchev–Trinajstić information content (AvgIpc) is 3.37. The van der Waals surface area contributed by atoms with Crippen molar-refractivity contribution in [2.24, 2.45) is 23.7 Å². The minimum absolute atomic E-state index is 0.0427. The second-order valence-corrected chi connectivity index (χ2v) is 9.05. The summed E-state index contributed by atoms with van der Waals surface area (Å²) in [7, 11) is 0. The fourth-order valence-corrected chi connectivity index (χ4v) is 5.48. The summed E-state index contributed by atoms with van der Waals surface area (Å²) >= 11 is 5.95. The molecule has 0 unspecified atom stereocenters. The number of rotatable bonds is 4. The summed E-state index contributed by atoms with van der Waals surface area (Å²) in [6.07, 6.45) is -3.18. The standard InChI is InChI=1S/C23H18ClF3N2O4/c24-15-5-4-12(23(25,26)27)9-16(15)29-20(30)10-2-1-3-13(6-10)28-21(31)18-11-7-14-17(8-11)33-22(32)19(14)18/h1-6,9,11,14,17-19H,7-8H2,(H,28,31)(H,29,30)/t11-,14-,17+,18+,19-/m0/s1. The minimum Gasteiger partial charge on any atom is -0.462 e. The van der Waals surface area contributed by atoms with Crippen molar-refractivity contribution in [1.29, 1.82) is 0 Å². The summed E-state index contributed by atoms with van der Waals surface area (Å²) < 4.78 is 44.3. The Morgan fingerprint density at radius 3 is 2.61 bits per heavy atom. The zero-order valence-corrected chi connectivity index (χ0v) is 17.7. The van der Waals surface area contributed by atoms with Crippen LogP contribution in [0.2, 0.25) is 5.02 Å². The predicted molar refractivity (Wildman–Crippen MR) is 113 cm³/mol. The van der Waals surface area contributed by atoms with Crippen LogP contribution < -0.4 is 10.6 Å². The molecule has 3 fully saturated rings. The van der Waals surface area contributed by atoms with Crippen LogP contribution in [0.5, 0.6) is 0 Å². The Labute approximate surface area is 191 Å². The molecule has 5 rings (SSSR count). The number of nitrogens with one attached hydrogen (secondary N) is 2. The van der Waals surface area contributed by atoms with Gasteiger partial charge < -0.3 is 15.4 Å². The number of hydrogen-bond acceptors (Lipinski definition) is 4. The molecular formula is C23H18ClF3N2O4. The zero-order chi connectivity index (χ0) is 23.5. The van der Waals surface area contributed by atoms with Crippen LogP contribution >= 0.6 is 11.6 Å². The van der Waals surface area contributed by atoms with Crippen LogP contribution in [0.15, 0.2) is 42.5 Å². The van der Waals surface area contributed by atoms with Crippen molar-refractivity contribution < 1.29 is 32.3 Å². The van der Waals surface area contributed by atoms with Crippen molar-refractivity contribution in [2.45, 2.75) is 25.1 Å². The van der Waals surface area contributed by atoms with Crippen molar-refractivity contribution >= 4 is 40.8 Å². The molecule has 0 radical (unpaired) electrons. The van der Waals surface area contributed by atoms with Gasteiger partial charge in [0.15, 0.2) is 0 Å². The van der Waals surface area contributed by atoms with Gasteiger partial charge in [-0.15, -0.1) is 0 Å². The molecule has 2 N–H and O–H groups in total. The molecule has 1 saturated heterocycles. The van der Waals surface area contributed by atoms with Gasteiger partial charge in [-0.25, -0.2) is 0 Å². The van der Waals surface area contributed by atoms with E-state index in [4.69, 9.17) is 16.3 Å². The van der Waals surface area contributed by atoms with E-state index in [1.807, 2.05) is 0 Å². The van der Waals surface area contributed by atoms with Gasteiger partial charge >= 0.3 is 12.1 Å². The molecule has 2 aromatic carbocycles. The Morgan fingerprint density at radius 1 is 1.06 bits per heavy atom. The largest absolute Gasteiger partial charge is 0.462 e.